The molecule has 0 N–H and O–H groups in total. The Kier molecular flexibility index (Phi) is 2.74. The monoisotopic (exact) mass is 380 g/mol. The number of benzene rings is 3. The number of nitrogens with zero attached hydrogens (tertiary/aromatic N) is 2. The summed E-state index contributed by atoms with van der Waals surface area (Å²) in [7, 11) is 0. The van der Waals surface area contributed by atoms with E-state index in [9.17, 15) is 9.18 Å². The summed E-state index contributed by atoms with van der Waals surface area (Å²) >= 11 is 3.14. The van der Waals surface area contributed by atoms with Crippen LogP contribution in [0.4, 0.5) is 4.39 Å². The molecule has 3 aromatic carbocycles. The molecule has 0 bridgehead atoms. The number of aromatic nitrogens is 2. The van der Waals surface area contributed by atoms with Crippen LogP contribution in [-0.4, -0.2) is 9.55 Å². The van der Waals surface area contributed by atoms with Gasteiger partial charge in [-0.25, -0.2) is 9.37 Å². The number of hydrogen-bond acceptors (Lipinski definition) is 2. The quantitative estimate of drug-likeness (QED) is 0.397. The van der Waals surface area contributed by atoms with Gasteiger partial charge < -0.3 is 0 Å². The van der Waals surface area contributed by atoms with E-state index in [1.807, 2.05) is 18.2 Å². The van der Waals surface area contributed by atoms with Crippen molar-refractivity contribution < 1.29 is 4.39 Å². The van der Waals surface area contributed by atoms with Gasteiger partial charge in [-0.15, -0.1) is 0 Å². The fourth-order valence-electron chi connectivity index (χ4n) is 3.37. The maximum Gasteiger partial charge on any atom is 0.262 e. The largest absolute Gasteiger partial charge is 0.288 e. The van der Waals surface area contributed by atoms with Gasteiger partial charge in [0, 0.05) is 11.6 Å². The van der Waals surface area contributed by atoms with Gasteiger partial charge >= 0.3 is 0 Å². The zero-order valence-electron chi connectivity index (χ0n) is 12.4. The zero-order valence-corrected chi connectivity index (χ0v) is 14.0. The molecule has 0 amide bonds. The molecule has 116 valence electrons. The van der Waals surface area contributed by atoms with Crippen LogP contribution in [0.3, 0.4) is 0 Å². The van der Waals surface area contributed by atoms with E-state index >= 15 is 0 Å². The van der Waals surface area contributed by atoms with Crippen molar-refractivity contribution in [1.29, 1.82) is 0 Å². The molecule has 0 radical (unpaired) electrons. The number of halogens is 2. The van der Waals surface area contributed by atoms with Crippen LogP contribution >= 0.6 is 15.9 Å². The van der Waals surface area contributed by atoms with Crippen LogP contribution in [0.5, 0.6) is 0 Å². The van der Waals surface area contributed by atoms with Gasteiger partial charge in [0.2, 0.25) is 0 Å². The van der Waals surface area contributed by atoms with Crippen molar-refractivity contribution in [3.05, 3.63) is 74.7 Å². The van der Waals surface area contributed by atoms with Crippen molar-refractivity contribution in [2.45, 2.75) is 6.54 Å². The number of fused-ring (bicyclic) bond motifs is 5. The van der Waals surface area contributed by atoms with E-state index in [2.05, 4.69) is 39.1 Å². The lowest BCUT2D eigenvalue weighted by molar-refractivity contribution is 0.622. The molecule has 5 heteroatoms. The summed E-state index contributed by atoms with van der Waals surface area (Å²) in [6, 6.07) is 15.0. The van der Waals surface area contributed by atoms with Crippen LogP contribution in [0, 0.1) is 5.82 Å². The van der Waals surface area contributed by atoms with Gasteiger partial charge in [-0.1, -0.05) is 24.3 Å². The molecule has 0 saturated heterocycles. The zero-order chi connectivity index (χ0) is 16.4. The Labute approximate surface area is 144 Å². The molecule has 3 nitrogen and oxygen atoms in total. The maximum atomic E-state index is 13.8. The van der Waals surface area contributed by atoms with Gasteiger partial charge in [0.15, 0.2) is 0 Å². The van der Waals surface area contributed by atoms with Crippen LogP contribution in [0.1, 0.15) is 5.56 Å². The molecule has 1 aliphatic heterocycles. The van der Waals surface area contributed by atoms with Crippen LogP contribution in [-0.2, 0) is 6.54 Å². The van der Waals surface area contributed by atoms with Gasteiger partial charge in [0.25, 0.3) is 5.56 Å². The van der Waals surface area contributed by atoms with Crippen LogP contribution in [0.25, 0.3) is 33.1 Å². The fraction of sp³-hybridized carbons (Fsp3) is 0.0526. The smallest absolute Gasteiger partial charge is 0.262 e. The summed E-state index contributed by atoms with van der Waals surface area (Å²) in [5.41, 5.74) is 2.24. The van der Waals surface area contributed by atoms with Crippen molar-refractivity contribution >= 4 is 37.6 Å². The summed E-state index contributed by atoms with van der Waals surface area (Å²) in [6.45, 7) is 0.492. The van der Waals surface area contributed by atoms with Crippen molar-refractivity contribution in [2.75, 3.05) is 0 Å². The third-order valence-corrected chi connectivity index (χ3v) is 5.14. The summed E-state index contributed by atoms with van der Waals surface area (Å²) in [5, 5.41) is 2.65. The van der Waals surface area contributed by atoms with Gasteiger partial charge in [-0.3, -0.25) is 9.36 Å². The molecule has 5 rings (SSSR count). The highest BCUT2D eigenvalue weighted by molar-refractivity contribution is 9.10. The van der Waals surface area contributed by atoms with Crippen LogP contribution in [0.2, 0.25) is 0 Å². The third-order valence-electron chi connectivity index (χ3n) is 4.54. The first-order valence-electron chi connectivity index (χ1n) is 7.53. The van der Waals surface area contributed by atoms with E-state index in [1.165, 1.54) is 12.1 Å². The Morgan fingerprint density at radius 2 is 1.83 bits per heavy atom. The molecule has 0 saturated carbocycles. The lowest BCUT2D eigenvalue weighted by Crippen LogP contribution is -2.20. The highest BCUT2D eigenvalue weighted by Gasteiger charge is 2.23. The summed E-state index contributed by atoms with van der Waals surface area (Å²) in [5.74, 6) is 0.186. The van der Waals surface area contributed by atoms with Gasteiger partial charge in [0.1, 0.15) is 11.6 Å². The van der Waals surface area contributed by atoms with Gasteiger partial charge in [0.05, 0.1) is 21.9 Å². The molecule has 1 aromatic heterocycles. The Hall–Kier alpha value is -2.53. The molecule has 0 atom stereocenters. The van der Waals surface area contributed by atoms with Gasteiger partial charge in [-0.05, 0) is 50.5 Å². The molecule has 24 heavy (non-hydrogen) atoms. The standard InChI is InChI=1S/C19H10BrFN2O/c20-15-7-14-17(8-16(15)21)22-18-13-6-11-4-2-1-3-10(11)5-12(13)9-23(18)19(14)24/h1-8H,9H2. The molecular formula is C19H10BrFN2O. The first kappa shape index (κ1) is 13.9. The van der Waals surface area contributed by atoms with Crippen molar-refractivity contribution in [1.82, 2.24) is 9.55 Å². The highest BCUT2D eigenvalue weighted by Crippen LogP contribution is 2.34. The van der Waals surface area contributed by atoms with E-state index in [4.69, 9.17) is 0 Å². The average Bonchev–Trinajstić information content (AvgIpc) is 2.93. The van der Waals surface area contributed by atoms with E-state index < -0.39 is 5.82 Å². The van der Waals surface area contributed by atoms with E-state index in [1.54, 1.807) is 4.57 Å². The molecule has 2 heterocycles. The Morgan fingerprint density at radius 3 is 2.62 bits per heavy atom. The van der Waals surface area contributed by atoms with Gasteiger partial charge in [-0.2, -0.15) is 0 Å². The SMILES string of the molecule is O=c1c2cc(Br)c(F)cc2nc2n1Cc1cc3ccccc3cc1-2. The van der Waals surface area contributed by atoms with Crippen LogP contribution < -0.4 is 5.56 Å². The second kappa shape index (κ2) is 4.74. The predicted octanol–water partition coefficient (Wildman–Crippen LogP) is 4.48. The van der Waals surface area contributed by atoms with E-state index in [0.29, 0.717) is 23.3 Å². The Bertz CT molecular complexity index is 1230. The second-order valence-electron chi connectivity index (χ2n) is 5.97. The fourth-order valence-corrected chi connectivity index (χ4v) is 3.71. The van der Waals surface area contributed by atoms with E-state index in [-0.39, 0.29) is 10.0 Å². The molecule has 0 spiro atoms. The summed E-state index contributed by atoms with van der Waals surface area (Å²) in [4.78, 5) is 17.4. The molecule has 0 aliphatic carbocycles. The van der Waals surface area contributed by atoms with E-state index in [0.717, 1.165) is 21.9 Å². The number of rotatable bonds is 0. The second-order valence-corrected chi connectivity index (χ2v) is 6.82. The minimum Gasteiger partial charge on any atom is -0.288 e. The normalized spacial score (nSPS) is 12.6. The minimum atomic E-state index is -0.420. The van der Waals surface area contributed by atoms with Crippen molar-refractivity contribution in [2.24, 2.45) is 0 Å². The topological polar surface area (TPSA) is 34.9 Å². The lowest BCUT2D eigenvalue weighted by atomic mass is 10.0. The molecule has 4 aromatic rings. The first-order chi connectivity index (χ1) is 11.6. The maximum absolute atomic E-state index is 13.8. The number of hydrogen-bond donors (Lipinski definition) is 0. The summed E-state index contributed by atoms with van der Waals surface area (Å²) in [6.07, 6.45) is 0. The Balaban J connectivity index is 1.87. The first-order valence-corrected chi connectivity index (χ1v) is 8.33. The molecule has 0 unspecified atom stereocenters. The average molecular weight is 381 g/mol. The Morgan fingerprint density at radius 1 is 1.08 bits per heavy atom. The van der Waals surface area contributed by atoms with Crippen molar-refractivity contribution in [3.63, 3.8) is 0 Å². The lowest BCUT2D eigenvalue weighted by Gasteiger charge is -2.06. The predicted molar refractivity (Wildman–Crippen MR) is 95.7 cm³/mol. The molecule has 1 aliphatic rings. The van der Waals surface area contributed by atoms with Crippen molar-refractivity contribution in [3.8, 4) is 11.4 Å². The summed E-state index contributed by atoms with van der Waals surface area (Å²) < 4.78 is 15.8. The molecule has 0 fully saturated rings. The highest BCUT2D eigenvalue weighted by atomic mass is 79.9. The third kappa shape index (κ3) is 1.82. The molecular weight excluding hydrogens is 371 g/mol. The van der Waals surface area contributed by atoms with Crippen LogP contribution in [0.15, 0.2) is 57.8 Å². The minimum absolute atomic E-state index is 0.143.